The SMILES string of the molecule is O=C1CC2C3CC(C2C(=O)O1)C1C(=O)OC(=O)CC31. The lowest BCUT2D eigenvalue weighted by molar-refractivity contribution is -0.182. The van der Waals surface area contributed by atoms with Gasteiger partial charge in [-0.05, 0) is 30.1 Å². The van der Waals surface area contributed by atoms with Crippen molar-refractivity contribution in [2.75, 3.05) is 0 Å². The average molecular weight is 264 g/mol. The van der Waals surface area contributed by atoms with Crippen LogP contribution in [0.1, 0.15) is 19.3 Å². The quantitative estimate of drug-likeness (QED) is 0.454. The molecule has 0 amide bonds. The largest absolute Gasteiger partial charge is 0.393 e. The molecule has 100 valence electrons. The monoisotopic (exact) mass is 264 g/mol. The number of hydrogen-bond donors (Lipinski definition) is 0. The minimum absolute atomic E-state index is 0.0568. The molecule has 4 atom stereocenters. The molecule has 0 radical (unpaired) electrons. The number of ether oxygens (including phenoxy) is 2. The van der Waals surface area contributed by atoms with Crippen LogP contribution in [0.25, 0.3) is 0 Å². The molecule has 4 rings (SSSR count). The van der Waals surface area contributed by atoms with Crippen molar-refractivity contribution in [1.82, 2.24) is 0 Å². The first-order valence-corrected chi connectivity index (χ1v) is 6.55. The van der Waals surface area contributed by atoms with Crippen molar-refractivity contribution in [3.8, 4) is 0 Å². The second kappa shape index (κ2) is 3.43. The fourth-order valence-electron chi connectivity index (χ4n) is 4.75. The molecule has 0 aromatic rings. The van der Waals surface area contributed by atoms with Crippen LogP contribution in [-0.4, -0.2) is 23.9 Å². The second-order valence-electron chi connectivity index (χ2n) is 5.94. The van der Waals surface area contributed by atoms with Gasteiger partial charge in [-0.3, -0.25) is 19.2 Å². The predicted octanol–water partition coefficient (Wildman–Crippen LogP) is 0.0479. The van der Waals surface area contributed by atoms with E-state index in [1.807, 2.05) is 0 Å². The third kappa shape index (κ3) is 1.31. The molecule has 4 fully saturated rings. The number of carbonyl (C=O) groups is 4. The van der Waals surface area contributed by atoms with Crippen LogP contribution in [0.15, 0.2) is 0 Å². The van der Waals surface area contributed by atoms with Crippen LogP contribution in [0.5, 0.6) is 0 Å². The second-order valence-corrected chi connectivity index (χ2v) is 5.94. The number of esters is 4. The van der Waals surface area contributed by atoms with Gasteiger partial charge >= 0.3 is 23.9 Å². The highest BCUT2D eigenvalue weighted by molar-refractivity contribution is 5.94. The molecule has 6 nitrogen and oxygen atoms in total. The van der Waals surface area contributed by atoms with Crippen molar-refractivity contribution in [3.05, 3.63) is 0 Å². The Morgan fingerprint density at radius 2 is 1.16 bits per heavy atom. The van der Waals surface area contributed by atoms with E-state index in [1.165, 1.54) is 0 Å². The lowest BCUT2D eigenvalue weighted by atomic mass is 9.65. The molecule has 2 aliphatic carbocycles. The minimum atomic E-state index is -0.503. The van der Waals surface area contributed by atoms with E-state index in [1.54, 1.807) is 0 Å². The average Bonchev–Trinajstić information content (AvgIpc) is 2.83. The van der Waals surface area contributed by atoms with Gasteiger partial charge in [0.1, 0.15) is 0 Å². The van der Waals surface area contributed by atoms with Crippen molar-refractivity contribution in [2.24, 2.45) is 35.5 Å². The standard InChI is InChI=1S/C13H12O6/c14-8-2-5-4-1-7(10(5)12(16)18-8)11-6(4)3-9(15)19-13(11)17/h4-7,10-11H,1-3H2. The molecule has 0 N–H and O–H groups in total. The first-order valence-electron chi connectivity index (χ1n) is 6.55. The molecule has 6 heteroatoms. The molecule has 2 heterocycles. The van der Waals surface area contributed by atoms with E-state index in [4.69, 9.17) is 9.47 Å². The maximum Gasteiger partial charge on any atom is 0.317 e. The maximum absolute atomic E-state index is 11.9. The van der Waals surface area contributed by atoms with E-state index >= 15 is 0 Å². The number of carbonyl (C=O) groups excluding carboxylic acids is 4. The number of hydrogen-bond acceptors (Lipinski definition) is 6. The molecule has 0 spiro atoms. The Labute approximate surface area is 108 Å². The Kier molecular flexibility index (Phi) is 2.01. The van der Waals surface area contributed by atoms with Crippen molar-refractivity contribution in [2.45, 2.75) is 19.3 Å². The molecular formula is C13H12O6. The van der Waals surface area contributed by atoms with Gasteiger partial charge in [-0.1, -0.05) is 0 Å². The van der Waals surface area contributed by atoms with Gasteiger partial charge < -0.3 is 9.47 Å². The Hall–Kier alpha value is -1.72. The summed E-state index contributed by atoms with van der Waals surface area (Å²) in [7, 11) is 0. The summed E-state index contributed by atoms with van der Waals surface area (Å²) in [5.74, 6) is -2.87. The molecule has 4 aliphatic rings. The third-order valence-electron chi connectivity index (χ3n) is 5.27. The minimum Gasteiger partial charge on any atom is -0.393 e. The van der Waals surface area contributed by atoms with Crippen molar-refractivity contribution < 1.29 is 28.7 Å². The summed E-state index contributed by atoms with van der Waals surface area (Å²) in [5, 5.41) is 0. The highest BCUT2D eigenvalue weighted by Gasteiger charge is 2.66. The molecule has 0 aromatic carbocycles. The van der Waals surface area contributed by atoms with Crippen LogP contribution >= 0.6 is 0 Å². The number of rotatable bonds is 0. The van der Waals surface area contributed by atoms with Gasteiger partial charge in [0.15, 0.2) is 0 Å². The van der Waals surface area contributed by atoms with Gasteiger partial charge in [-0.2, -0.15) is 0 Å². The van der Waals surface area contributed by atoms with E-state index in [0.717, 1.165) is 6.42 Å². The lowest BCUT2D eigenvalue weighted by Gasteiger charge is -2.41. The summed E-state index contributed by atoms with van der Waals surface area (Å²) >= 11 is 0. The van der Waals surface area contributed by atoms with Gasteiger partial charge in [-0.25, -0.2) is 0 Å². The summed E-state index contributed by atoms with van der Waals surface area (Å²) in [6, 6.07) is 0. The fraction of sp³-hybridized carbons (Fsp3) is 0.692. The van der Waals surface area contributed by atoms with E-state index in [9.17, 15) is 19.2 Å². The smallest absolute Gasteiger partial charge is 0.317 e. The normalized spacial score (nSPS) is 47.6. The van der Waals surface area contributed by atoms with Crippen LogP contribution in [0.3, 0.4) is 0 Å². The van der Waals surface area contributed by atoms with Crippen LogP contribution in [0.4, 0.5) is 0 Å². The highest BCUT2D eigenvalue weighted by Crippen LogP contribution is 2.62. The number of cyclic esters (lactones) is 4. The van der Waals surface area contributed by atoms with E-state index in [0.29, 0.717) is 0 Å². The summed E-state index contributed by atoms with van der Waals surface area (Å²) < 4.78 is 9.38. The lowest BCUT2D eigenvalue weighted by Crippen LogP contribution is -2.49. The zero-order valence-corrected chi connectivity index (χ0v) is 10.0. The molecule has 4 unspecified atom stereocenters. The summed E-state index contributed by atoms with van der Waals surface area (Å²) in [6.07, 6.45) is 1.17. The van der Waals surface area contributed by atoms with Crippen molar-refractivity contribution in [1.29, 1.82) is 0 Å². The first-order chi connectivity index (χ1) is 9.06. The van der Waals surface area contributed by atoms with Crippen molar-refractivity contribution >= 4 is 23.9 Å². The predicted molar refractivity (Wildman–Crippen MR) is 57.0 cm³/mol. The molecule has 2 saturated carbocycles. The van der Waals surface area contributed by atoms with E-state index in [-0.39, 0.29) is 48.3 Å². The van der Waals surface area contributed by atoms with Crippen LogP contribution in [0.2, 0.25) is 0 Å². The van der Waals surface area contributed by atoms with E-state index in [2.05, 4.69) is 0 Å². The van der Waals surface area contributed by atoms with Gasteiger partial charge in [-0.15, -0.1) is 0 Å². The highest BCUT2D eigenvalue weighted by atomic mass is 16.6. The van der Waals surface area contributed by atoms with E-state index < -0.39 is 23.9 Å². The Bertz CT molecular complexity index is 479. The molecule has 2 aliphatic heterocycles. The van der Waals surface area contributed by atoms with Crippen LogP contribution < -0.4 is 0 Å². The molecular weight excluding hydrogens is 252 g/mol. The zero-order chi connectivity index (χ0) is 13.3. The fourth-order valence-corrected chi connectivity index (χ4v) is 4.75. The summed E-state index contributed by atoms with van der Waals surface area (Å²) in [4.78, 5) is 46.5. The third-order valence-corrected chi connectivity index (χ3v) is 5.27. The zero-order valence-electron chi connectivity index (χ0n) is 10.0. The van der Waals surface area contributed by atoms with Crippen LogP contribution in [-0.2, 0) is 28.7 Å². The molecule has 2 bridgehead atoms. The van der Waals surface area contributed by atoms with Gasteiger partial charge in [0, 0.05) is 12.8 Å². The van der Waals surface area contributed by atoms with Gasteiger partial charge in [0.25, 0.3) is 0 Å². The summed E-state index contributed by atoms with van der Waals surface area (Å²) in [6.45, 7) is 0. The Morgan fingerprint density at radius 1 is 0.684 bits per heavy atom. The Morgan fingerprint density at radius 3 is 1.63 bits per heavy atom. The Balaban J connectivity index is 1.71. The van der Waals surface area contributed by atoms with Gasteiger partial charge in [0.05, 0.1) is 11.8 Å². The molecule has 2 saturated heterocycles. The van der Waals surface area contributed by atoms with Crippen LogP contribution in [0, 0.1) is 35.5 Å². The summed E-state index contributed by atoms with van der Waals surface area (Å²) in [5.41, 5.74) is 0. The molecule has 0 aromatic heterocycles. The maximum atomic E-state index is 11.9. The number of fused-ring (bicyclic) bond motifs is 8. The topological polar surface area (TPSA) is 86.7 Å². The molecule has 19 heavy (non-hydrogen) atoms. The first kappa shape index (κ1) is 11.1. The van der Waals surface area contributed by atoms with Gasteiger partial charge in [0.2, 0.25) is 0 Å². The van der Waals surface area contributed by atoms with Crippen molar-refractivity contribution in [3.63, 3.8) is 0 Å².